The number of hydrogen-bond acceptors (Lipinski definition) is 4. The van der Waals surface area contributed by atoms with Gasteiger partial charge >= 0.3 is 11.9 Å². The zero-order chi connectivity index (χ0) is 26.2. The molecule has 0 aromatic heterocycles. The van der Waals surface area contributed by atoms with Crippen LogP contribution in [0.3, 0.4) is 0 Å². The Morgan fingerprint density at radius 1 is 0.639 bits per heavy atom. The van der Waals surface area contributed by atoms with Crippen molar-refractivity contribution >= 4 is 11.9 Å². The van der Waals surface area contributed by atoms with Crippen LogP contribution in [0, 0.1) is 0 Å². The van der Waals surface area contributed by atoms with E-state index in [0.29, 0.717) is 33.8 Å². The largest absolute Gasteiger partial charge is 0.422 e. The highest BCUT2D eigenvalue weighted by molar-refractivity contribution is 5.94. The second-order valence-corrected chi connectivity index (χ2v) is 8.67. The molecule has 0 saturated heterocycles. The molecule has 186 valence electrons. The van der Waals surface area contributed by atoms with E-state index in [1.165, 1.54) is 11.1 Å². The number of aryl methyl sites for hydroxylation is 2. The molecule has 36 heavy (non-hydrogen) atoms. The first kappa shape index (κ1) is 26.7. The minimum Gasteiger partial charge on any atom is -0.422 e. The molecule has 0 heterocycles. The quantitative estimate of drug-likeness (QED) is 0.186. The van der Waals surface area contributed by atoms with Gasteiger partial charge in [0.15, 0.2) is 0 Å². The number of benzene rings is 3. The first-order valence-corrected chi connectivity index (χ1v) is 12.4. The van der Waals surface area contributed by atoms with Gasteiger partial charge < -0.3 is 9.47 Å². The topological polar surface area (TPSA) is 52.6 Å². The van der Waals surface area contributed by atoms with Crippen molar-refractivity contribution in [3.05, 3.63) is 95.1 Å². The SMILES string of the molecule is C/C=C(\C)C(=O)Oc1cc(-c2ccc(CC)cc2)c(OC(=O)/C(C)=C/C)cc1-c1ccc(CC)cc1. The number of ether oxygens (including phenoxy) is 2. The summed E-state index contributed by atoms with van der Waals surface area (Å²) in [6.45, 7) is 11.2. The predicted molar refractivity (Wildman–Crippen MR) is 146 cm³/mol. The van der Waals surface area contributed by atoms with Crippen molar-refractivity contribution in [2.45, 2.75) is 54.4 Å². The molecule has 0 aliphatic carbocycles. The van der Waals surface area contributed by atoms with E-state index in [1.807, 2.05) is 48.5 Å². The van der Waals surface area contributed by atoms with Crippen molar-refractivity contribution < 1.29 is 19.1 Å². The Morgan fingerprint density at radius 3 is 1.25 bits per heavy atom. The van der Waals surface area contributed by atoms with E-state index < -0.39 is 11.9 Å². The summed E-state index contributed by atoms with van der Waals surface area (Å²) in [5.74, 6) is -0.0402. The molecule has 4 heteroatoms. The molecule has 0 radical (unpaired) electrons. The lowest BCUT2D eigenvalue weighted by molar-refractivity contribution is -0.131. The fourth-order valence-electron chi connectivity index (χ4n) is 3.62. The van der Waals surface area contributed by atoms with Crippen LogP contribution in [0.5, 0.6) is 11.5 Å². The molecule has 0 saturated carbocycles. The van der Waals surface area contributed by atoms with E-state index in [9.17, 15) is 9.59 Å². The fraction of sp³-hybridized carbons (Fsp3) is 0.250. The number of rotatable bonds is 8. The van der Waals surface area contributed by atoms with Crippen molar-refractivity contribution in [2.24, 2.45) is 0 Å². The molecule has 0 unspecified atom stereocenters. The van der Waals surface area contributed by atoms with Crippen LogP contribution in [0.15, 0.2) is 84.0 Å². The summed E-state index contributed by atoms with van der Waals surface area (Å²) < 4.78 is 11.8. The smallest absolute Gasteiger partial charge is 0.338 e. The van der Waals surface area contributed by atoms with Gasteiger partial charge in [-0.05, 0) is 74.9 Å². The lowest BCUT2D eigenvalue weighted by atomic mass is 9.96. The summed E-state index contributed by atoms with van der Waals surface area (Å²) in [4.78, 5) is 25.5. The van der Waals surface area contributed by atoms with E-state index >= 15 is 0 Å². The van der Waals surface area contributed by atoms with Crippen LogP contribution >= 0.6 is 0 Å². The van der Waals surface area contributed by atoms with E-state index in [0.717, 1.165) is 24.0 Å². The Labute approximate surface area is 214 Å². The Kier molecular flexibility index (Phi) is 9.02. The predicted octanol–water partition coefficient (Wildman–Crippen LogP) is 7.89. The maximum atomic E-state index is 12.8. The highest BCUT2D eigenvalue weighted by Gasteiger charge is 2.20. The highest BCUT2D eigenvalue weighted by Crippen LogP contribution is 2.42. The van der Waals surface area contributed by atoms with Crippen molar-refractivity contribution in [1.82, 2.24) is 0 Å². The van der Waals surface area contributed by atoms with Crippen molar-refractivity contribution in [1.29, 1.82) is 0 Å². The maximum absolute atomic E-state index is 12.8. The van der Waals surface area contributed by atoms with Crippen molar-refractivity contribution in [3.8, 4) is 33.8 Å². The Bertz CT molecular complexity index is 1190. The van der Waals surface area contributed by atoms with Crippen LogP contribution < -0.4 is 9.47 Å². The van der Waals surface area contributed by atoms with Gasteiger partial charge in [0, 0.05) is 22.3 Å². The lowest BCUT2D eigenvalue weighted by Gasteiger charge is -2.17. The second-order valence-electron chi connectivity index (χ2n) is 8.67. The number of esters is 2. The van der Waals surface area contributed by atoms with Gasteiger partial charge in [0.05, 0.1) is 0 Å². The van der Waals surface area contributed by atoms with Gasteiger partial charge in [-0.25, -0.2) is 9.59 Å². The van der Waals surface area contributed by atoms with E-state index in [1.54, 1.807) is 52.0 Å². The van der Waals surface area contributed by atoms with Crippen molar-refractivity contribution in [3.63, 3.8) is 0 Å². The molecule has 0 N–H and O–H groups in total. The Hall–Kier alpha value is -3.92. The van der Waals surface area contributed by atoms with E-state index in [4.69, 9.17) is 9.47 Å². The van der Waals surface area contributed by atoms with Crippen molar-refractivity contribution in [2.75, 3.05) is 0 Å². The minimum atomic E-state index is -0.425. The summed E-state index contributed by atoms with van der Waals surface area (Å²) in [5, 5.41) is 0. The summed E-state index contributed by atoms with van der Waals surface area (Å²) >= 11 is 0. The maximum Gasteiger partial charge on any atom is 0.338 e. The Balaban J connectivity index is 2.25. The molecule has 4 nitrogen and oxygen atoms in total. The number of carbonyl (C=O) groups is 2. The fourth-order valence-corrected chi connectivity index (χ4v) is 3.62. The highest BCUT2D eigenvalue weighted by atomic mass is 16.5. The molecule has 0 aliphatic heterocycles. The van der Waals surface area contributed by atoms with Gasteiger partial charge in [-0.15, -0.1) is 0 Å². The molecular formula is C32H34O4. The van der Waals surface area contributed by atoms with E-state index in [-0.39, 0.29) is 0 Å². The summed E-state index contributed by atoms with van der Waals surface area (Å²) in [7, 11) is 0. The third-order valence-corrected chi connectivity index (χ3v) is 6.34. The average Bonchev–Trinajstić information content (AvgIpc) is 2.92. The monoisotopic (exact) mass is 482 g/mol. The van der Waals surface area contributed by atoms with E-state index in [2.05, 4.69) is 13.8 Å². The molecule has 0 spiro atoms. The molecule has 0 fully saturated rings. The molecule has 3 aromatic carbocycles. The molecule has 0 atom stereocenters. The molecule has 3 rings (SSSR count). The molecule has 0 bridgehead atoms. The van der Waals surface area contributed by atoms with Crippen LogP contribution in [0.2, 0.25) is 0 Å². The summed E-state index contributed by atoms with van der Waals surface area (Å²) in [6, 6.07) is 19.7. The number of carbonyl (C=O) groups excluding carboxylic acids is 2. The average molecular weight is 483 g/mol. The summed E-state index contributed by atoms with van der Waals surface area (Å²) in [6.07, 6.45) is 5.28. The first-order valence-electron chi connectivity index (χ1n) is 12.4. The first-order chi connectivity index (χ1) is 17.3. The lowest BCUT2D eigenvalue weighted by Crippen LogP contribution is -2.12. The summed E-state index contributed by atoms with van der Waals surface area (Å²) in [5.41, 5.74) is 6.48. The van der Waals surface area contributed by atoms with Gasteiger partial charge in [-0.3, -0.25) is 0 Å². The molecular weight excluding hydrogens is 448 g/mol. The van der Waals surface area contributed by atoms with Crippen LogP contribution in [0.1, 0.15) is 52.7 Å². The molecule has 0 aliphatic rings. The second kappa shape index (κ2) is 12.2. The number of hydrogen-bond donors (Lipinski definition) is 0. The standard InChI is InChI=1S/C32H34O4/c1-7-21(5)31(33)35-29-19-28(26-17-13-24(10-4)14-18-26)30(36-32(34)22(6)8-2)20-27(29)25-15-11-23(9-3)12-16-25/h7-8,11-20H,9-10H2,1-6H3/b21-7+,22-8+. The zero-order valence-electron chi connectivity index (χ0n) is 22.0. The number of allylic oxidation sites excluding steroid dienone is 2. The third kappa shape index (κ3) is 6.19. The van der Waals surface area contributed by atoms with Gasteiger partial charge in [0.25, 0.3) is 0 Å². The minimum absolute atomic E-state index is 0.405. The van der Waals surface area contributed by atoms with Gasteiger partial charge in [0.1, 0.15) is 11.5 Å². The van der Waals surface area contributed by atoms with Gasteiger partial charge in [0.2, 0.25) is 0 Å². The normalized spacial score (nSPS) is 11.8. The van der Waals surface area contributed by atoms with Crippen LogP contribution in [0.4, 0.5) is 0 Å². The van der Waals surface area contributed by atoms with Crippen LogP contribution in [-0.4, -0.2) is 11.9 Å². The third-order valence-electron chi connectivity index (χ3n) is 6.34. The van der Waals surface area contributed by atoms with Crippen LogP contribution in [0.25, 0.3) is 22.3 Å². The zero-order valence-corrected chi connectivity index (χ0v) is 22.0. The van der Waals surface area contributed by atoms with Crippen LogP contribution in [-0.2, 0) is 22.4 Å². The van der Waals surface area contributed by atoms with Gasteiger partial charge in [-0.2, -0.15) is 0 Å². The molecule has 3 aromatic rings. The van der Waals surface area contributed by atoms with Gasteiger partial charge in [-0.1, -0.05) is 74.5 Å². The molecule has 0 amide bonds. The Morgan fingerprint density at radius 2 is 0.972 bits per heavy atom.